The summed E-state index contributed by atoms with van der Waals surface area (Å²) >= 11 is 0. The minimum absolute atomic E-state index is 0.0798. The molecule has 0 radical (unpaired) electrons. The first-order valence-electron chi connectivity index (χ1n) is 6.79. The van der Waals surface area contributed by atoms with Crippen molar-refractivity contribution in [2.75, 3.05) is 19.0 Å². The maximum absolute atomic E-state index is 12.3. The molecular weight excluding hydrogens is 268 g/mol. The summed E-state index contributed by atoms with van der Waals surface area (Å²) in [5, 5.41) is 0. The van der Waals surface area contributed by atoms with Crippen molar-refractivity contribution in [3.8, 4) is 0 Å². The summed E-state index contributed by atoms with van der Waals surface area (Å²) in [5.74, 6) is 0.250. The van der Waals surface area contributed by atoms with Gasteiger partial charge in [-0.25, -0.2) is 0 Å². The molecule has 0 aromatic heterocycles. The van der Waals surface area contributed by atoms with Gasteiger partial charge in [0.05, 0.1) is 24.4 Å². The second-order valence-corrected chi connectivity index (χ2v) is 8.25. The number of hydrogen-bond donors (Lipinski definition) is 0. The van der Waals surface area contributed by atoms with Gasteiger partial charge < -0.3 is 4.74 Å². The van der Waals surface area contributed by atoms with E-state index in [9.17, 15) is 13.2 Å². The predicted octanol–water partition coefficient (Wildman–Crippen LogP) is 1.13. The number of ether oxygens (including phenoxy) is 1. The molecule has 3 fully saturated rings. The summed E-state index contributed by atoms with van der Waals surface area (Å²) in [6.07, 6.45) is 2.05. The highest BCUT2D eigenvalue weighted by Crippen LogP contribution is 2.64. The third-order valence-corrected chi connectivity index (χ3v) is 6.74. The maximum Gasteiger partial charge on any atom is 0.268 e. The molecule has 0 aromatic carbocycles. The zero-order valence-corrected chi connectivity index (χ0v) is 12.2. The van der Waals surface area contributed by atoms with Gasteiger partial charge in [0.2, 0.25) is 0 Å². The van der Waals surface area contributed by atoms with Gasteiger partial charge in [-0.3, -0.25) is 8.98 Å². The Kier molecular flexibility index (Phi) is 2.86. The molecule has 1 aliphatic heterocycles. The predicted molar refractivity (Wildman–Crippen MR) is 68.0 cm³/mol. The number of rotatable bonds is 5. The Labute approximate surface area is 113 Å². The van der Waals surface area contributed by atoms with Gasteiger partial charge in [0.25, 0.3) is 10.1 Å². The van der Waals surface area contributed by atoms with Crippen molar-refractivity contribution < 1.29 is 22.1 Å². The van der Waals surface area contributed by atoms with Crippen molar-refractivity contribution in [1.29, 1.82) is 0 Å². The highest BCUT2D eigenvalue weighted by Gasteiger charge is 2.65. The molecule has 1 unspecified atom stereocenters. The van der Waals surface area contributed by atoms with Crippen LogP contribution in [0.1, 0.15) is 33.1 Å². The number of Topliss-reactive ketones (excluding diaryl/α,β-unsaturated/α-hetero) is 1. The van der Waals surface area contributed by atoms with Crippen LogP contribution in [-0.2, 0) is 23.8 Å². The van der Waals surface area contributed by atoms with E-state index in [-0.39, 0.29) is 29.7 Å². The van der Waals surface area contributed by atoms with Crippen molar-refractivity contribution in [3.63, 3.8) is 0 Å². The molecule has 6 heteroatoms. The van der Waals surface area contributed by atoms with Crippen LogP contribution in [0.3, 0.4) is 0 Å². The lowest BCUT2D eigenvalue weighted by Gasteiger charge is -2.35. The molecule has 2 saturated carbocycles. The Morgan fingerprint density at radius 3 is 2.58 bits per heavy atom. The molecule has 0 spiro atoms. The van der Waals surface area contributed by atoms with Crippen molar-refractivity contribution in [3.05, 3.63) is 0 Å². The summed E-state index contributed by atoms with van der Waals surface area (Å²) in [6.45, 7) is 4.69. The van der Waals surface area contributed by atoms with Crippen LogP contribution in [-0.4, -0.2) is 39.3 Å². The van der Waals surface area contributed by atoms with Gasteiger partial charge in [0, 0.05) is 6.42 Å². The van der Waals surface area contributed by atoms with Crippen LogP contribution in [0.15, 0.2) is 0 Å². The van der Waals surface area contributed by atoms with Gasteiger partial charge in [-0.2, -0.15) is 8.42 Å². The first kappa shape index (κ1) is 13.5. The Bertz CT molecular complexity index is 505. The fourth-order valence-corrected chi connectivity index (χ4v) is 5.52. The van der Waals surface area contributed by atoms with E-state index in [1.807, 2.05) is 13.8 Å². The molecule has 0 aromatic rings. The van der Waals surface area contributed by atoms with Gasteiger partial charge in [0.1, 0.15) is 11.9 Å². The lowest BCUT2D eigenvalue weighted by molar-refractivity contribution is -0.128. The van der Waals surface area contributed by atoms with Crippen molar-refractivity contribution in [1.82, 2.24) is 0 Å². The Hall–Kier alpha value is -0.460. The molecule has 1 saturated heterocycles. The molecule has 2 bridgehead atoms. The molecule has 3 atom stereocenters. The summed E-state index contributed by atoms with van der Waals surface area (Å²) in [5.41, 5.74) is -0.975. The van der Waals surface area contributed by atoms with E-state index in [0.717, 1.165) is 6.42 Å². The lowest BCUT2D eigenvalue weighted by atomic mass is 9.70. The van der Waals surface area contributed by atoms with Gasteiger partial charge in [-0.05, 0) is 24.2 Å². The zero-order valence-electron chi connectivity index (χ0n) is 11.3. The summed E-state index contributed by atoms with van der Waals surface area (Å²) in [6, 6.07) is 0. The molecule has 2 aliphatic carbocycles. The quantitative estimate of drug-likeness (QED) is 0.560. The van der Waals surface area contributed by atoms with Gasteiger partial charge in [-0.15, -0.1) is 0 Å². The monoisotopic (exact) mass is 288 g/mol. The summed E-state index contributed by atoms with van der Waals surface area (Å²) < 4.78 is 34.1. The molecule has 3 rings (SSSR count). The standard InChI is InChI=1S/C13H20O5S/c1-12(2)9-3-4-13(12,11(14)5-9)8-19(15,16)18-7-10-6-17-10/h9-10H,3-8H2,1-2H3/t9-,10?,13-/m1/s1. The highest BCUT2D eigenvalue weighted by molar-refractivity contribution is 7.86. The van der Waals surface area contributed by atoms with Crippen LogP contribution in [0.25, 0.3) is 0 Å². The zero-order chi connectivity index (χ0) is 13.9. The third kappa shape index (κ3) is 2.04. The van der Waals surface area contributed by atoms with Crippen LogP contribution < -0.4 is 0 Å². The maximum atomic E-state index is 12.3. The number of ketones is 1. The topological polar surface area (TPSA) is 73.0 Å². The molecule has 108 valence electrons. The first-order chi connectivity index (χ1) is 8.77. The van der Waals surface area contributed by atoms with Gasteiger partial charge in [-0.1, -0.05) is 13.8 Å². The van der Waals surface area contributed by atoms with Gasteiger partial charge >= 0.3 is 0 Å². The molecule has 5 nitrogen and oxygen atoms in total. The lowest BCUT2D eigenvalue weighted by Crippen LogP contribution is -2.42. The Morgan fingerprint density at radius 2 is 2.11 bits per heavy atom. The van der Waals surface area contributed by atoms with Crippen LogP contribution in [0, 0.1) is 16.7 Å². The molecule has 0 amide bonds. The number of fused-ring (bicyclic) bond motifs is 2. The molecular formula is C13H20O5S. The molecule has 0 N–H and O–H groups in total. The van der Waals surface area contributed by atoms with Crippen LogP contribution >= 0.6 is 0 Å². The normalized spacial score (nSPS) is 39.8. The van der Waals surface area contributed by atoms with E-state index in [4.69, 9.17) is 8.92 Å². The SMILES string of the molecule is CC1(C)[C@@H]2CC[C@@]1(CS(=O)(=O)OCC1CO1)C(=O)C2. The van der Waals surface area contributed by atoms with Gasteiger partial charge in [0.15, 0.2) is 0 Å². The number of carbonyl (C=O) groups is 1. The van der Waals surface area contributed by atoms with Crippen LogP contribution in [0.5, 0.6) is 0 Å². The van der Waals surface area contributed by atoms with Crippen molar-refractivity contribution in [2.24, 2.45) is 16.7 Å². The van der Waals surface area contributed by atoms with Crippen LogP contribution in [0.2, 0.25) is 0 Å². The van der Waals surface area contributed by atoms with Crippen molar-refractivity contribution in [2.45, 2.75) is 39.2 Å². The minimum atomic E-state index is -3.67. The average molecular weight is 288 g/mol. The molecule has 3 aliphatic rings. The Morgan fingerprint density at radius 1 is 1.42 bits per heavy atom. The van der Waals surface area contributed by atoms with E-state index in [1.165, 1.54) is 0 Å². The second-order valence-electron chi connectivity index (χ2n) is 6.61. The van der Waals surface area contributed by atoms with E-state index >= 15 is 0 Å². The Balaban J connectivity index is 1.78. The second kappa shape index (κ2) is 4.02. The fourth-order valence-electron chi connectivity index (χ4n) is 3.80. The average Bonchev–Trinajstić information content (AvgIpc) is 3.06. The van der Waals surface area contributed by atoms with Crippen molar-refractivity contribution >= 4 is 15.9 Å². The van der Waals surface area contributed by atoms with E-state index < -0.39 is 15.5 Å². The third-order valence-electron chi connectivity index (χ3n) is 5.40. The molecule has 1 heterocycles. The number of epoxide rings is 1. The number of carbonyl (C=O) groups excluding carboxylic acids is 1. The largest absolute Gasteiger partial charge is 0.371 e. The fraction of sp³-hybridized carbons (Fsp3) is 0.923. The van der Waals surface area contributed by atoms with E-state index in [1.54, 1.807) is 0 Å². The minimum Gasteiger partial charge on any atom is -0.371 e. The van der Waals surface area contributed by atoms with E-state index in [2.05, 4.69) is 0 Å². The van der Waals surface area contributed by atoms with Crippen LogP contribution in [0.4, 0.5) is 0 Å². The molecule has 19 heavy (non-hydrogen) atoms. The summed E-state index contributed by atoms with van der Waals surface area (Å²) in [4.78, 5) is 12.3. The van der Waals surface area contributed by atoms with E-state index in [0.29, 0.717) is 25.4 Å². The summed E-state index contributed by atoms with van der Waals surface area (Å²) in [7, 11) is -3.67. The highest BCUT2D eigenvalue weighted by atomic mass is 32.2. The number of hydrogen-bond acceptors (Lipinski definition) is 5. The smallest absolute Gasteiger partial charge is 0.268 e. The first-order valence-corrected chi connectivity index (χ1v) is 8.37.